The number of aliphatic hydroxyl groups excluding tert-OH is 1. The Morgan fingerprint density at radius 2 is 1.55 bits per heavy atom. The Kier molecular flexibility index (Phi) is 6.29. The molecule has 0 aromatic heterocycles. The van der Waals surface area contributed by atoms with Gasteiger partial charge in [-0.15, -0.1) is 0 Å². The van der Waals surface area contributed by atoms with Crippen LogP contribution in [0.15, 0.2) is 60.7 Å². The van der Waals surface area contributed by atoms with Gasteiger partial charge in [-0.05, 0) is 25.0 Å². The molecule has 2 aliphatic rings. The summed E-state index contributed by atoms with van der Waals surface area (Å²) >= 11 is 0. The molecule has 2 fully saturated rings. The van der Waals surface area contributed by atoms with Crippen LogP contribution < -0.4 is 0 Å². The molecule has 5 atom stereocenters. The second-order valence-corrected chi connectivity index (χ2v) is 7.90. The predicted octanol–water partition coefficient (Wildman–Crippen LogP) is 3.03. The number of benzene rings is 2. The zero-order chi connectivity index (χ0) is 20.3. The molecular weight excluding hydrogens is 372 g/mol. The predicted molar refractivity (Wildman–Crippen MR) is 106 cm³/mol. The topological polar surface area (TPSA) is 66.4 Å². The van der Waals surface area contributed by atoms with Crippen molar-refractivity contribution in [2.75, 3.05) is 6.61 Å². The van der Waals surface area contributed by atoms with Crippen LogP contribution in [0, 0.1) is 0 Å². The Balaban J connectivity index is 1.38. The highest BCUT2D eigenvalue weighted by Crippen LogP contribution is 2.40. The molecule has 2 aromatic carbocycles. The van der Waals surface area contributed by atoms with Crippen LogP contribution in [0.3, 0.4) is 0 Å². The van der Waals surface area contributed by atoms with Crippen molar-refractivity contribution in [3.05, 3.63) is 71.8 Å². The third-order valence-electron chi connectivity index (χ3n) is 5.09. The van der Waals surface area contributed by atoms with Crippen molar-refractivity contribution in [3.8, 4) is 0 Å². The van der Waals surface area contributed by atoms with E-state index in [0.29, 0.717) is 13.2 Å². The van der Waals surface area contributed by atoms with E-state index in [1.165, 1.54) is 0 Å². The lowest BCUT2D eigenvalue weighted by atomic mass is 10.1. The Bertz CT molecular complexity index is 765. The first-order valence-electron chi connectivity index (χ1n) is 9.98. The van der Waals surface area contributed by atoms with Gasteiger partial charge in [0.05, 0.1) is 19.8 Å². The molecule has 0 radical (unpaired) electrons. The summed E-state index contributed by atoms with van der Waals surface area (Å²) in [5.41, 5.74) is 2.09. The van der Waals surface area contributed by atoms with E-state index in [4.69, 9.17) is 23.7 Å². The molecule has 0 amide bonds. The van der Waals surface area contributed by atoms with Gasteiger partial charge in [-0.1, -0.05) is 60.7 Å². The standard InChI is InChI=1S/C23H28O6/c1-23(2)28-21-20(26-14-17-11-7-4-8-12-17)19(27-22(21)29-23)18(24)15-25-13-16-9-5-3-6-10-16/h3-12,18-22,24H,13-15H2,1-2H3/t18-,19-,20+,21+,22+/m1/s1. The molecule has 2 saturated heterocycles. The number of rotatable bonds is 8. The maximum Gasteiger partial charge on any atom is 0.190 e. The van der Waals surface area contributed by atoms with Crippen molar-refractivity contribution < 1.29 is 28.8 Å². The van der Waals surface area contributed by atoms with E-state index >= 15 is 0 Å². The van der Waals surface area contributed by atoms with Gasteiger partial charge in [0.15, 0.2) is 12.1 Å². The van der Waals surface area contributed by atoms with Crippen LogP contribution >= 0.6 is 0 Å². The molecule has 2 aromatic rings. The van der Waals surface area contributed by atoms with Gasteiger partial charge in [-0.25, -0.2) is 0 Å². The molecule has 2 heterocycles. The molecule has 6 nitrogen and oxygen atoms in total. The summed E-state index contributed by atoms with van der Waals surface area (Å²) in [6.45, 7) is 4.64. The van der Waals surface area contributed by atoms with Crippen LogP contribution in [-0.4, -0.2) is 48.2 Å². The number of hydrogen-bond donors (Lipinski definition) is 1. The van der Waals surface area contributed by atoms with E-state index in [2.05, 4.69) is 0 Å². The second kappa shape index (κ2) is 8.92. The Morgan fingerprint density at radius 3 is 2.21 bits per heavy atom. The molecule has 0 saturated carbocycles. The lowest BCUT2D eigenvalue weighted by Gasteiger charge is -2.28. The first-order chi connectivity index (χ1) is 14.0. The van der Waals surface area contributed by atoms with Gasteiger partial charge in [-0.3, -0.25) is 0 Å². The number of fused-ring (bicyclic) bond motifs is 1. The average Bonchev–Trinajstić information content (AvgIpc) is 3.19. The summed E-state index contributed by atoms with van der Waals surface area (Å²) in [4.78, 5) is 0. The lowest BCUT2D eigenvalue weighted by Crippen LogP contribution is -2.44. The first-order valence-corrected chi connectivity index (χ1v) is 9.98. The van der Waals surface area contributed by atoms with Gasteiger partial charge in [0.1, 0.15) is 24.4 Å². The van der Waals surface area contributed by atoms with Crippen molar-refractivity contribution in [1.82, 2.24) is 0 Å². The highest BCUT2D eigenvalue weighted by Gasteiger charge is 2.57. The summed E-state index contributed by atoms with van der Waals surface area (Å²) in [6, 6.07) is 19.7. The Hall–Kier alpha value is -1.80. The maximum atomic E-state index is 10.7. The summed E-state index contributed by atoms with van der Waals surface area (Å²) in [5.74, 6) is -0.747. The van der Waals surface area contributed by atoms with Gasteiger partial charge in [-0.2, -0.15) is 0 Å². The van der Waals surface area contributed by atoms with E-state index < -0.39 is 36.5 Å². The summed E-state index contributed by atoms with van der Waals surface area (Å²) < 4.78 is 29.7. The van der Waals surface area contributed by atoms with E-state index in [1.807, 2.05) is 74.5 Å². The monoisotopic (exact) mass is 400 g/mol. The van der Waals surface area contributed by atoms with Crippen LogP contribution in [0.4, 0.5) is 0 Å². The SMILES string of the molecule is CC1(C)O[C@@H]2O[C@H]([C@H](O)COCc3ccccc3)[C@H](OCc3ccccc3)[C@@H]2O1. The van der Waals surface area contributed by atoms with E-state index in [1.54, 1.807) is 0 Å². The highest BCUT2D eigenvalue weighted by molar-refractivity contribution is 5.14. The Labute approximate surface area is 171 Å². The Morgan fingerprint density at radius 1 is 0.931 bits per heavy atom. The second-order valence-electron chi connectivity index (χ2n) is 7.90. The van der Waals surface area contributed by atoms with Crippen LogP contribution in [0.2, 0.25) is 0 Å². The summed E-state index contributed by atoms with van der Waals surface area (Å²) in [6.07, 6.45) is -2.89. The van der Waals surface area contributed by atoms with E-state index in [0.717, 1.165) is 11.1 Å². The van der Waals surface area contributed by atoms with Crippen molar-refractivity contribution >= 4 is 0 Å². The number of aliphatic hydroxyl groups is 1. The molecule has 2 aliphatic heterocycles. The van der Waals surface area contributed by atoms with Gasteiger partial charge >= 0.3 is 0 Å². The fraction of sp³-hybridized carbons (Fsp3) is 0.478. The molecule has 0 aliphatic carbocycles. The molecule has 4 rings (SSSR count). The van der Waals surface area contributed by atoms with Crippen molar-refractivity contribution in [2.24, 2.45) is 0 Å². The third-order valence-corrected chi connectivity index (χ3v) is 5.09. The van der Waals surface area contributed by atoms with Crippen molar-refractivity contribution in [1.29, 1.82) is 0 Å². The molecule has 0 unspecified atom stereocenters. The molecule has 1 N–H and O–H groups in total. The fourth-order valence-corrected chi connectivity index (χ4v) is 3.74. The zero-order valence-electron chi connectivity index (χ0n) is 16.8. The first kappa shape index (κ1) is 20.5. The van der Waals surface area contributed by atoms with Crippen LogP contribution in [0.5, 0.6) is 0 Å². The minimum Gasteiger partial charge on any atom is -0.388 e. The summed E-state index contributed by atoms with van der Waals surface area (Å²) in [7, 11) is 0. The molecule has 0 spiro atoms. The highest BCUT2D eigenvalue weighted by atomic mass is 16.8. The van der Waals surface area contributed by atoms with Crippen LogP contribution in [-0.2, 0) is 36.9 Å². The largest absolute Gasteiger partial charge is 0.388 e. The summed E-state index contributed by atoms with van der Waals surface area (Å²) in [5, 5.41) is 10.7. The number of hydrogen-bond acceptors (Lipinski definition) is 6. The molecule has 0 bridgehead atoms. The van der Waals surface area contributed by atoms with Crippen molar-refractivity contribution in [2.45, 2.75) is 63.6 Å². The number of ether oxygens (including phenoxy) is 5. The fourth-order valence-electron chi connectivity index (χ4n) is 3.74. The van der Waals surface area contributed by atoms with Gasteiger partial charge in [0.2, 0.25) is 0 Å². The minimum absolute atomic E-state index is 0.133. The molecule has 29 heavy (non-hydrogen) atoms. The van der Waals surface area contributed by atoms with E-state index in [9.17, 15) is 5.11 Å². The maximum absolute atomic E-state index is 10.7. The van der Waals surface area contributed by atoms with Gasteiger partial charge in [0, 0.05) is 0 Å². The lowest BCUT2D eigenvalue weighted by molar-refractivity contribution is -0.233. The zero-order valence-corrected chi connectivity index (χ0v) is 16.8. The van der Waals surface area contributed by atoms with Gasteiger partial charge < -0.3 is 28.8 Å². The quantitative estimate of drug-likeness (QED) is 0.735. The van der Waals surface area contributed by atoms with Crippen LogP contribution in [0.1, 0.15) is 25.0 Å². The molecular formula is C23H28O6. The van der Waals surface area contributed by atoms with Crippen LogP contribution in [0.25, 0.3) is 0 Å². The molecule has 6 heteroatoms. The van der Waals surface area contributed by atoms with Crippen molar-refractivity contribution in [3.63, 3.8) is 0 Å². The van der Waals surface area contributed by atoms with Gasteiger partial charge in [0.25, 0.3) is 0 Å². The third kappa shape index (κ3) is 5.04. The van der Waals surface area contributed by atoms with E-state index in [-0.39, 0.29) is 6.61 Å². The average molecular weight is 400 g/mol. The smallest absolute Gasteiger partial charge is 0.190 e. The normalized spacial score (nSPS) is 28.9. The molecule has 156 valence electrons. The minimum atomic E-state index is -0.861.